The molecule has 5 atom stereocenters. The Morgan fingerprint density at radius 3 is 2.90 bits per heavy atom. The Bertz CT molecular complexity index is 713. The number of fused-ring (bicyclic) bond motifs is 1. The number of nitrogens with one attached hydrogen (secondary N) is 1. The van der Waals surface area contributed by atoms with Crippen molar-refractivity contribution in [2.45, 2.75) is 44.8 Å². The predicted molar refractivity (Wildman–Crippen MR) is 120 cm³/mol. The van der Waals surface area contributed by atoms with Crippen molar-refractivity contribution in [3.05, 3.63) is 59.2 Å². The zero-order valence-corrected chi connectivity index (χ0v) is 18.2. The van der Waals surface area contributed by atoms with Crippen LogP contribution in [0.2, 0.25) is 0 Å². The quantitative estimate of drug-likeness (QED) is 0.419. The molecule has 0 aromatic heterocycles. The van der Waals surface area contributed by atoms with Gasteiger partial charge in [-0.05, 0) is 70.8 Å². The highest BCUT2D eigenvalue weighted by molar-refractivity contribution is 5.24. The van der Waals surface area contributed by atoms with Gasteiger partial charge in [0, 0.05) is 18.9 Å². The van der Waals surface area contributed by atoms with Crippen LogP contribution < -0.4 is 5.32 Å². The molecule has 0 amide bonds. The number of rotatable bonds is 10. The largest absolute Gasteiger partial charge is 0.392 e. The van der Waals surface area contributed by atoms with E-state index in [9.17, 15) is 10.2 Å². The van der Waals surface area contributed by atoms with Gasteiger partial charge in [-0.2, -0.15) is 0 Å². The minimum Gasteiger partial charge on any atom is -0.392 e. The van der Waals surface area contributed by atoms with Gasteiger partial charge in [-0.15, -0.1) is 0 Å². The van der Waals surface area contributed by atoms with Crippen LogP contribution in [0.5, 0.6) is 0 Å². The van der Waals surface area contributed by atoms with E-state index in [0.717, 1.165) is 44.5 Å². The van der Waals surface area contributed by atoms with Gasteiger partial charge in [-0.3, -0.25) is 0 Å². The molecule has 29 heavy (non-hydrogen) atoms. The summed E-state index contributed by atoms with van der Waals surface area (Å²) in [5, 5.41) is 24.5. The molecule has 0 radical (unpaired) electrons. The Morgan fingerprint density at radius 1 is 1.31 bits per heavy atom. The molecule has 0 spiro atoms. The van der Waals surface area contributed by atoms with Gasteiger partial charge in [0.05, 0.1) is 12.2 Å². The van der Waals surface area contributed by atoms with Crippen LogP contribution in [-0.4, -0.2) is 61.1 Å². The average molecular weight is 399 g/mol. The van der Waals surface area contributed by atoms with Crippen LogP contribution in [0.1, 0.15) is 30.4 Å². The molecule has 2 aliphatic rings. The number of aliphatic hydroxyl groups is 2. The van der Waals surface area contributed by atoms with E-state index in [1.165, 1.54) is 11.1 Å². The number of hydrogen-bond donors (Lipinski definition) is 3. The lowest BCUT2D eigenvalue weighted by molar-refractivity contribution is 0.140. The summed E-state index contributed by atoms with van der Waals surface area (Å²) < 4.78 is 0. The van der Waals surface area contributed by atoms with Crippen LogP contribution in [0.4, 0.5) is 0 Å². The first-order valence-corrected chi connectivity index (χ1v) is 11.1. The lowest BCUT2D eigenvalue weighted by atomic mass is 9.89. The first kappa shape index (κ1) is 22.2. The third kappa shape index (κ3) is 6.51. The molecule has 4 nitrogen and oxygen atoms in total. The summed E-state index contributed by atoms with van der Waals surface area (Å²) in [6.07, 6.45) is 9.26. The van der Waals surface area contributed by atoms with Crippen molar-refractivity contribution in [1.82, 2.24) is 10.2 Å². The third-order valence-corrected chi connectivity index (χ3v) is 6.34. The smallest absolute Gasteiger partial charge is 0.0761 e. The molecule has 0 bridgehead atoms. The molecule has 4 heteroatoms. The fraction of sp³-hybridized carbons (Fsp3) is 0.600. The van der Waals surface area contributed by atoms with E-state index in [1.54, 1.807) is 0 Å². The number of hydrogen-bond acceptors (Lipinski definition) is 4. The van der Waals surface area contributed by atoms with Crippen LogP contribution in [0.15, 0.2) is 48.1 Å². The van der Waals surface area contributed by atoms with Crippen LogP contribution in [0, 0.1) is 24.7 Å². The van der Waals surface area contributed by atoms with E-state index < -0.39 is 6.10 Å². The summed E-state index contributed by atoms with van der Waals surface area (Å²) in [6.45, 7) is 5.19. The van der Waals surface area contributed by atoms with Gasteiger partial charge in [0.25, 0.3) is 0 Å². The van der Waals surface area contributed by atoms with Crippen molar-refractivity contribution in [2.24, 2.45) is 17.8 Å². The summed E-state index contributed by atoms with van der Waals surface area (Å²) in [7, 11) is 4.22. The van der Waals surface area contributed by atoms with Gasteiger partial charge >= 0.3 is 0 Å². The van der Waals surface area contributed by atoms with Gasteiger partial charge in [0.15, 0.2) is 0 Å². The third-order valence-electron chi connectivity index (χ3n) is 6.34. The minimum absolute atomic E-state index is 0.148. The molecular formula is C25H38N2O2. The maximum absolute atomic E-state index is 10.5. The number of benzene rings is 1. The monoisotopic (exact) mass is 398 g/mol. The average Bonchev–Trinajstić information content (AvgIpc) is 3.16. The summed E-state index contributed by atoms with van der Waals surface area (Å²) in [5.41, 5.74) is 3.85. The molecule has 3 N–H and O–H groups in total. The van der Waals surface area contributed by atoms with Crippen molar-refractivity contribution >= 4 is 0 Å². The van der Waals surface area contributed by atoms with Crippen LogP contribution in [0.3, 0.4) is 0 Å². The van der Waals surface area contributed by atoms with Crippen molar-refractivity contribution in [3.63, 3.8) is 0 Å². The van der Waals surface area contributed by atoms with E-state index in [-0.39, 0.29) is 12.0 Å². The number of nitrogens with zero attached hydrogens (tertiary/aromatic N) is 1. The van der Waals surface area contributed by atoms with Gasteiger partial charge in [-0.1, -0.05) is 53.6 Å². The van der Waals surface area contributed by atoms with Crippen LogP contribution >= 0.6 is 0 Å². The maximum Gasteiger partial charge on any atom is 0.0761 e. The molecule has 3 rings (SSSR count). The minimum atomic E-state index is -0.504. The second-order valence-corrected chi connectivity index (χ2v) is 9.22. The molecule has 1 saturated carbocycles. The number of allylic oxidation sites excluding steroid dienone is 1. The van der Waals surface area contributed by atoms with Crippen LogP contribution in [-0.2, 0) is 6.42 Å². The van der Waals surface area contributed by atoms with Crippen molar-refractivity contribution in [2.75, 3.05) is 33.7 Å². The normalized spacial score (nSPS) is 27.6. The number of aliphatic hydroxyl groups excluding tert-OH is 2. The summed E-state index contributed by atoms with van der Waals surface area (Å²) >= 11 is 0. The SMILES string of the molecule is Cc1cccc(C[C@H](O)/C=C/[C@@H]2[C@H]3CC(CNCCCN(C)C)=C[C@H]3C[C@H]2O)c1. The Morgan fingerprint density at radius 2 is 2.14 bits per heavy atom. The van der Waals surface area contributed by atoms with Gasteiger partial charge in [-0.25, -0.2) is 0 Å². The molecule has 0 saturated heterocycles. The number of aryl methyl sites for hydroxylation is 1. The second kappa shape index (κ2) is 10.5. The van der Waals surface area contributed by atoms with Gasteiger partial charge in [0.1, 0.15) is 0 Å². The topological polar surface area (TPSA) is 55.7 Å². The first-order valence-electron chi connectivity index (χ1n) is 11.1. The zero-order chi connectivity index (χ0) is 20.8. The molecule has 1 aromatic rings. The van der Waals surface area contributed by atoms with E-state index >= 15 is 0 Å². The van der Waals surface area contributed by atoms with Crippen molar-refractivity contribution in [3.8, 4) is 0 Å². The Balaban J connectivity index is 1.47. The van der Waals surface area contributed by atoms with E-state index in [1.807, 2.05) is 12.1 Å². The summed E-state index contributed by atoms with van der Waals surface area (Å²) in [5.74, 6) is 1.10. The molecule has 2 aliphatic carbocycles. The Labute approximate surface area is 176 Å². The highest BCUT2D eigenvalue weighted by atomic mass is 16.3. The molecule has 1 aromatic carbocycles. The fourth-order valence-corrected chi connectivity index (χ4v) is 4.91. The van der Waals surface area contributed by atoms with E-state index in [2.05, 4.69) is 61.6 Å². The molecule has 160 valence electrons. The molecule has 0 unspecified atom stereocenters. The van der Waals surface area contributed by atoms with Crippen molar-refractivity contribution in [1.29, 1.82) is 0 Å². The predicted octanol–water partition coefficient (Wildman–Crippen LogP) is 2.94. The van der Waals surface area contributed by atoms with Gasteiger partial charge in [0.2, 0.25) is 0 Å². The van der Waals surface area contributed by atoms with E-state index in [0.29, 0.717) is 18.3 Å². The Kier molecular flexibility index (Phi) is 8.07. The standard InChI is InChI=1S/C25H38N2O2/c1-18-6-4-7-19(12-18)14-22(28)8-9-23-24-15-20(13-21(24)16-25(23)29)17-26-10-5-11-27(2)3/h4,6-9,12-13,21-26,28-29H,5,10-11,14-17H2,1-3H3/b9-8+/t21-,22+,23+,24-,25+/m0/s1. The van der Waals surface area contributed by atoms with Gasteiger partial charge < -0.3 is 20.4 Å². The van der Waals surface area contributed by atoms with Crippen LogP contribution in [0.25, 0.3) is 0 Å². The molecule has 0 heterocycles. The van der Waals surface area contributed by atoms with E-state index in [4.69, 9.17) is 0 Å². The second-order valence-electron chi connectivity index (χ2n) is 9.22. The first-order chi connectivity index (χ1) is 13.9. The fourth-order valence-electron chi connectivity index (χ4n) is 4.91. The zero-order valence-electron chi connectivity index (χ0n) is 18.2. The lowest BCUT2D eigenvalue weighted by Crippen LogP contribution is -2.23. The molecule has 1 fully saturated rings. The summed E-state index contributed by atoms with van der Waals surface area (Å²) in [4.78, 5) is 2.21. The highest BCUT2D eigenvalue weighted by Crippen LogP contribution is 2.47. The Hall–Kier alpha value is -1.46. The highest BCUT2D eigenvalue weighted by Gasteiger charge is 2.43. The lowest BCUT2D eigenvalue weighted by Gasteiger charge is -2.19. The molecular weight excluding hydrogens is 360 g/mol. The molecule has 0 aliphatic heterocycles. The van der Waals surface area contributed by atoms with Crippen molar-refractivity contribution < 1.29 is 10.2 Å². The summed E-state index contributed by atoms with van der Waals surface area (Å²) in [6, 6.07) is 8.29. The maximum atomic E-state index is 10.5.